The van der Waals surface area contributed by atoms with Crippen molar-refractivity contribution in [1.29, 1.82) is 0 Å². The van der Waals surface area contributed by atoms with Gasteiger partial charge in [0.25, 0.3) is 0 Å². The molecule has 11 heteroatoms. The van der Waals surface area contributed by atoms with E-state index in [1.165, 1.54) is 30.6 Å². The molecule has 0 fully saturated rings. The molecule has 0 saturated heterocycles. The molecular weight excluding hydrogens is 343 g/mol. The summed E-state index contributed by atoms with van der Waals surface area (Å²) in [4.78, 5) is 26.5. The number of hydrogen-bond donors (Lipinski definition) is 2. The van der Waals surface area contributed by atoms with Crippen LogP contribution in [0.25, 0.3) is 0 Å². The van der Waals surface area contributed by atoms with E-state index >= 15 is 0 Å². The van der Waals surface area contributed by atoms with Crippen LogP contribution in [0.3, 0.4) is 0 Å². The highest BCUT2D eigenvalue weighted by molar-refractivity contribution is 5.92. The van der Waals surface area contributed by atoms with Crippen LogP contribution in [-0.4, -0.2) is 32.7 Å². The molecule has 1 amide bonds. The first-order valence-electron chi connectivity index (χ1n) is 6.87. The molecule has 0 spiro atoms. The Bertz CT molecular complexity index is 851. The highest BCUT2D eigenvalue weighted by Gasteiger charge is 2.65. The number of alkyl halides is 3. The summed E-state index contributed by atoms with van der Waals surface area (Å²) in [5.41, 5.74) is -2.57. The van der Waals surface area contributed by atoms with Crippen LogP contribution in [0.4, 0.5) is 18.9 Å². The van der Waals surface area contributed by atoms with Crippen molar-refractivity contribution in [3.05, 3.63) is 48.0 Å². The van der Waals surface area contributed by atoms with Gasteiger partial charge >= 0.3 is 17.8 Å². The highest BCUT2D eigenvalue weighted by atomic mass is 19.4. The Morgan fingerprint density at radius 3 is 2.36 bits per heavy atom. The predicted molar refractivity (Wildman–Crippen MR) is 76.8 cm³/mol. The van der Waals surface area contributed by atoms with Crippen LogP contribution < -0.4 is 5.32 Å². The largest absolute Gasteiger partial charge is 0.477 e. The lowest BCUT2D eigenvalue weighted by Gasteiger charge is -2.15. The fraction of sp³-hybridized carbons (Fsp3) is 0.214. The number of aromatic carboxylic acids is 1. The first kappa shape index (κ1) is 16.6. The van der Waals surface area contributed by atoms with Gasteiger partial charge in [-0.05, 0) is 12.1 Å². The third kappa shape index (κ3) is 3.07. The van der Waals surface area contributed by atoms with Crippen molar-refractivity contribution in [2.24, 2.45) is 10.2 Å². The van der Waals surface area contributed by atoms with Gasteiger partial charge in [-0.1, -0.05) is 12.1 Å². The van der Waals surface area contributed by atoms with Gasteiger partial charge in [0.05, 0.1) is 12.5 Å². The molecule has 0 saturated carbocycles. The number of halogens is 3. The molecule has 1 aliphatic heterocycles. The topological polar surface area (TPSA) is 109 Å². The maximum absolute atomic E-state index is 12.9. The van der Waals surface area contributed by atoms with E-state index in [2.05, 4.69) is 20.5 Å². The Balaban J connectivity index is 1.67. The van der Waals surface area contributed by atoms with Crippen molar-refractivity contribution in [1.82, 2.24) is 9.55 Å². The molecule has 0 bridgehead atoms. The van der Waals surface area contributed by atoms with Gasteiger partial charge < -0.3 is 15.0 Å². The van der Waals surface area contributed by atoms with Gasteiger partial charge in [-0.25, -0.2) is 9.78 Å². The molecule has 0 atom stereocenters. The summed E-state index contributed by atoms with van der Waals surface area (Å²) >= 11 is 0. The van der Waals surface area contributed by atoms with Crippen LogP contribution in [0.1, 0.15) is 16.1 Å². The van der Waals surface area contributed by atoms with Crippen molar-refractivity contribution >= 4 is 17.6 Å². The molecule has 2 N–H and O–H groups in total. The minimum absolute atomic E-state index is 0.152. The maximum atomic E-state index is 12.9. The van der Waals surface area contributed by atoms with Gasteiger partial charge in [0.15, 0.2) is 0 Å². The lowest BCUT2D eigenvalue weighted by atomic mass is 10.0. The van der Waals surface area contributed by atoms with Gasteiger partial charge in [0.1, 0.15) is 12.2 Å². The monoisotopic (exact) mass is 353 g/mol. The molecule has 130 valence electrons. The Labute approximate surface area is 138 Å². The van der Waals surface area contributed by atoms with E-state index in [9.17, 15) is 22.8 Å². The molecule has 8 nitrogen and oxygen atoms in total. The van der Waals surface area contributed by atoms with Crippen LogP contribution in [0.5, 0.6) is 0 Å². The van der Waals surface area contributed by atoms with E-state index < -0.39 is 23.7 Å². The number of carbonyl (C=O) groups excluding carboxylic acids is 1. The Morgan fingerprint density at radius 2 is 1.84 bits per heavy atom. The number of anilines is 1. The molecule has 0 unspecified atom stereocenters. The lowest BCUT2D eigenvalue weighted by Crippen LogP contribution is -2.30. The molecule has 0 radical (unpaired) electrons. The van der Waals surface area contributed by atoms with Gasteiger partial charge in [0.2, 0.25) is 5.91 Å². The van der Waals surface area contributed by atoms with E-state index in [1.807, 2.05) is 0 Å². The second-order valence-corrected chi connectivity index (χ2v) is 5.21. The predicted octanol–water partition coefficient (Wildman–Crippen LogP) is 2.40. The van der Waals surface area contributed by atoms with Crippen LogP contribution in [0.2, 0.25) is 0 Å². The van der Waals surface area contributed by atoms with Crippen molar-refractivity contribution in [3.8, 4) is 0 Å². The number of carboxylic acid groups (broad SMARTS) is 1. The Morgan fingerprint density at radius 1 is 1.20 bits per heavy atom. The fourth-order valence-electron chi connectivity index (χ4n) is 2.21. The normalized spacial score (nSPS) is 15.0. The summed E-state index contributed by atoms with van der Waals surface area (Å²) in [6, 6.07) is 4.91. The van der Waals surface area contributed by atoms with E-state index in [0.717, 1.165) is 10.8 Å². The molecule has 1 aromatic heterocycles. The number of hydrogen-bond acceptors (Lipinski definition) is 5. The van der Waals surface area contributed by atoms with Crippen molar-refractivity contribution in [3.63, 3.8) is 0 Å². The Hall–Kier alpha value is -3.24. The number of imidazole rings is 1. The van der Waals surface area contributed by atoms with Gasteiger partial charge in [0, 0.05) is 11.3 Å². The van der Waals surface area contributed by atoms with E-state index in [0.29, 0.717) is 0 Å². The number of carboxylic acids is 1. The van der Waals surface area contributed by atoms with Crippen LogP contribution in [0.15, 0.2) is 47.0 Å². The van der Waals surface area contributed by atoms with Crippen molar-refractivity contribution in [2.75, 3.05) is 5.32 Å². The van der Waals surface area contributed by atoms with Gasteiger partial charge in [-0.3, -0.25) is 4.79 Å². The first-order chi connectivity index (χ1) is 11.7. The fourth-order valence-corrected chi connectivity index (χ4v) is 2.21. The molecule has 1 aliphatic rings. The lowest BCUT2D eigenvalue weighted by molar-refractivity contribution is -0.166. The molecule has 2 aromatic rings. The summed E-state index contributed by atoms with van der Waals surface area (Å²) in [5.74, 6) is -1.79. The number of benzene rings is 1. The molecular formula is C14H10F3N5O3. The minimum atomic E-state index is -4.62. The van der Waals surface area contributed by atoms with Crippen LogP contribution in [-0.2, 0) is 17.0 Å². The van der Waals surface area contributed by atoms with Crippen molar-refractivity contribution < 1.29 is 27.9 Å². The summed E-state index contributed by atoms with van der Waals surface area (Å²) in [6.07, 6.45) is -2.33. The number of amides is 1. The van der Waals surface area contributed by atoms with Gasteiger partial charge in [-0.2, -0.15) is 13.2 Å². The van der Waals surface area contributed by atoms with E-state index in [4.69, 9.17) is 5.11 Å². The number of nitrogens with one attached hydrogen (secondary N) is 1. The molecule has 25 heavy (non-hydrogen) atoms. The SMILES string of the molecule is O=C(Cn1cncc1C(=O)O)Nc1ccc(C2(C(F)(F)F)N=N2)cc1. The van der Waals surface area contributed by atoms with Gasteiger partial charge in [-0.15, -0.1) is 10.2 Å². The molecule has 1 aromatic carbocycles. The Kier molecular flexibility index (Phi) is 3.78. The summed E-state index contributed by atoms with van der Waals surface area (Å²) in [5, 5.41) is 17.6. The first-order valence-corrected chi connectivity index (χ1v) is 6.87. The molecule has 3 rings (SSSR count). The highest BCUT2D eigenvalue weighted by Crippen LogP contribution is 2.52. The number of rotatable bonds is 5. The van der Waals surface area contributed by atoms with E-state index in [-0.39, 0.29) is 23.5 Å². The van der Waals surface area contributed by atoms with E-state index in [1.54, 1.807) is 0 Å². The number of carbonyl (C=O) groups is 2. The maximum Gasteiger partial charge on any atom is 0.442 e. The summed E-state index contributed by atoms with van der Waals surface area (Å²) in [7, 11) is 0. The zero-order valence-electron chi connectivity index (χ0n) is 12.4. The zero-order chi connectivity index (χ0) is 18.2. The third-order valence-corrected chi connectivity index (χ3v) is 3.51. The quantitative estimate of drug-likeness (QED) is 0.860. The average molecular weight is 353 g/mol. The minimum Gasteiger partial charge on any atom is -0.477 e. The second-order valence-electron chi connectivity index (χ2n) is 5.21. The van der Waals surface area contributed by atoms with Crippen LogP contribution in [0, 0.1) is 0 Å². The third-order valence-electron chi connectivity index (χ3n) is 3.51. The van der Waals surface area contributed by atoms with Crippen LogP contribution >= 0.6 is 0 Å². The standard InChI is InChI=1S/C14H10F3N5O3/c15-14(16,17)13(20-21-13)8-1-3-9(4-2-8)19-11(23)6-22-7-18-5-10(22)12(24)25/h1-5,7H,6H2,(H,19,23)(H,24,25). The number of nitrogens with zero attached hydrogens (tertiary/aromatic N) is 4. The second kappa shape index (κ2) is 5.69. The van der Waals surface area contributed by atoms with Crippen molar-refractivity contribution in [2.45, 2.75) is 18.4 Å². The average Bonchev–Trinajstić information content (AvgIpc) is 3.22. The number of aromatic nitrogens is 2. The summed E-state index contributed by atoms with van der Waals surface area (Å²) < 4.78 is 39.8. The molecule has 2 heterocycles. The summed E-state index contributed by atoms with van der Waals surface area (Å²) in [6.45, 7) is -0.305. The molecule has 0 aliphatic carbocycles. The zero-order valence-corrected chi connectivity index (χ0v) is 12.4. The smallest absolute Gasteiger partial charge is 0.442 e.